The molecule has 2 atom stereocenters. The van der Waals surface area contributed by atoms with E-state index < -0.39 is 0 Å². The average Bonchev–Trinajstić information content (AvgIpc) is 3.22. The second-order valence-corrected chi connectivity index (χ2v) is 8.23. The van der Waals surface area contributed by atoms with Crippen LogP contribution in [0, 0.1) is 5.92 Å². The lowest BCUT2D eigenvalue weighted by atomic mass is 9.95. The van der Waals surface area contributed by atoms with Gasteiger partial charge >= 0.3 is 0 Å². The van der Waals surface area contributed by atoms with E-state index in [0.29, 0.717) is 12.0 Å². The van der Waals surface area contributed by atoms with E-state index in [1.54, 1.807) is 11.3 Å². The number of hydrogen-bond donors (Lipinski definition) is 0. The highest BCUT2D eigenvalue weighted by atomic mass is 32.1. The van der Waals surface area contributed by atoms with Gasteiger partial charge in [0.1, 0.15) is 0 Å². The van der Waals surface area contributed by atoms with Gasteiger partial charge in [-0.25, -0.2) is 4.98 Å². The number of rotatable bonds is 5. The van der Waals surface area contributed by atoms with Gasteiger partial charge < -0.3 is 4.42 Å². The van der Waals surface area contributed by atoms with Gasteiger partial charge in [0.15, 0.2) is 0 Å². The third-order valence-corrected chi connectivity index (χ3v) is 6.15. The van der Waals surface area contributed by atoms with E-state index in [1.165, 1.54) is 37.9 Å². The maximum Gasteiger partial charge on any atom is 0.230 e. The molecule has 1 saturated carbocycles. The molecule has 2 aromatic rings. The Bertz CT molecular complexity index is 683. The monoisotopic (exact) mass is 345 g/mol. The van der Waals surface area contributed by atoms with Gasteiger partial charge in [-0.3, -0.25) is 9.80 Å². The van der Waals surface area contributed by atoms with Crippen molar-refractivity contribution in [2.24, 2.45) is 5.92 Å². The van der Waals surface area contributed by atoms with Crippen molar-refractivity contribution in [3.8, 4) is 0 Å². The van der Waals surface area contributed by atoms with Crippen molar-refractivity contribution in [1.82, 2.24) is 25.0 Å². The average molecular weight is 345 g/mol. The molecule has 0 N–H and O–H groups in total. The van der Waals surface area contributed by atoms with Crippen LogP contribution < -0.4 is 0 Å². The van der Waals surface area contributed by atoms with E-state index in [0.717, 1.165) is 43.9 Å². The Morgan fingerprint density at radius 2 is 2.04 bits per heavy atom. The number of nitrogens with zero attached hydrogens (tertiary/aromatic N) is 5. The molecule has 6 rings (SSSR count). The van der Waals surface area contributed by atoms with E-state index >= 15 is 0 Å². The molecule has 2 aromatic heterocycles. The molecule has 0 aromatic carbocycles. The Hall–Kier alpha value is -1.31. The summed E-state index contributed by atoms with van der Waals surface area (Å²) in [6.45, 7) is 5.25. The van der Waals surface area contributed by atoms with Crippen LogP contribution in [0.25, 0.3) is 0 Å². The Morgan fingerprint density at radius 3 is 2.88 bits per heavy atom. The first-order valence-corrected chi connectivity index (χ1v) is 9.93. The standard InChI is InChI=1S/C17H23N5OS/c1-4-15-8-21(7-14-10-24-11-18-14)5-12(1)6-22(15)9-16-19-20-17(23-16)13-2-3-13/h10-13,15H,1-9H2/t12-,15+/m0/s1. The first kappa shape index (κ1) is 15.0. The Morgan fingerprint density at radius 1 is 1.08 bits per heavy atom. The molecule has 0 amide bonds. The summed E-state index contributed by atoms with van der Waals surface area (Å²) in [6.07, 6.45) is 5.04. The van der Waals surface area contributed by atoms with Crippen molar-refractivity contribution in [2.75, 3.05) is 19.6 Å². The summed E-state index contributed by atoms with van der Waals surface area (Å²) in [7, 11) is 0. The Kier molecular flexibility index (Phi) is 3.87. The van der Waals surface area contributed by atoms with Gasteiger partial charge in [0, 0.05) is 43.5 Å². The minimum atomic E-state index is 0.542. The Labute approximate surface area is 145 Å². The fraction of sp³-hybridized carbons (Fsp3) is 0.706. The lowest BCUT2D eigenvalue weighted by molar-refractivity contribution is 0.111. The summed E-state index contributed by atoms with van der Waals surface area (Å²) >= 11 is 1.69. The predicted octanol–water partition coefficient (Wildman–Crippen LogP) is 2.50. The lowest BCUT2D eigenvalue weighted by Gasteiger charge is -2.35. The highest BCUT2D eigenvalue weighted by Crippen LogP contribution is 2.39. The number of thiazole rings is 1. The quantitative estimate of drug-likeness (QED) is 0.830. The van der Waals surface area contributed by atoms with Crippen molar-refractivity contribution < 1.29 is 4.42 Å². The Balaban J connectivity index is 1.26. The van der Waals surface area contributed by atoms with E-state index in [9.17, 15) is 0 Å². The maximum atomic E-state index is 5.88. The number of hydrogen-bond acceptors (Lipinski definition) is 7. The molecule has 0 spiro atoms. The van der Waals surface area contributed by atoms with Crippen LogP contribution in [0.3, 0.4) is 0 Å². The summed E-state index contributed by atoms with van der Waals surface area (Å²) in [5, 5.41) is 10.7. The molecule has 4 fully saturated rings. The predicted molar refractivity (Wildman–Crippen MR) is 90.6 cm³/mol. The van der Waals surface area contributed by atoms with Crippen molar-refractivity contribution in [3.05, 3.63) is 28.4 Å². The van der Waals surface area contributed by atoms with E-state index in [4.69, 9.17) is 4.42 Å². The first-order chi connectivity index (χ1) is 11.8. The van der Waals surface area contributed by atoms with Gasteiger partial charge in [-0.05, 0) is 31.6 Å². The highest BCUT2D eigenvalue weighted by molar-refractivity contribution is 7.07. The molecule has 2 bridgehead atoms. The fourth-order valence-electron chi connectivity index (χ4n) is 4.14. The second-order valence-electron chi connectivity index (χ2n) is 7.51. The van der Waals surface area contributed by atoms with Gasteiger partial charge in [-0.2, -0.15) is 0 Å². The van der Waals surface area contributed by atoms with E-state index in [1.807, 2.05) is 5.51 Å². The molecule has 5 heterocycles. The zero-order valence-electron chi connectivity index (χ0n) is 13.8. The largest absolute Gasteiger partial charge is 0.424 e. The van der Waals surface area contributed by atoms with Crippen molar-refractivity contribution in [2.45, 2.75) is 50.7 Å². The number of piperidine rings is 1. The normalized spacial score (nSPS) is 28.3. The highest BCUT2D eigenvalue weighted by Gasteiger charge is 2.36. The summed E-state index contributed by atoms with van der Waals surface area (Å²) < 4.78 is 5.88. The smallest absolute Gasteiger partial charge is 0.230 e. The van der Waals surface area contributed by atoms with E-state index in [-0.39, 0.29) is 0 Å². The van der Waals surface area contributed by atoms with Crippen molar-refractivity contribution in [1.29, 1.82) is 0 Å². The van der Waals surface area contributed by atoms with Crippen LogP contribution in [0.5, 0.6) is 0 Å². The summed E-state index contributed by atoms with van der Waals surface area (Å²) in [6, 6.07) is 0.596. The molecule has 3 aliphatic heterocycles. The van der Waals surface area contributed by atoms with Crippen LogP contribution in [-0.2, 0) is 13.1 Å². The zero-order chi connectivity index (χ0) is 15.9. The van der Waals surface area contributed by atoms with Gasteiger partial charge in [-0.15, -0.1) is 21.5 Å². The maximum absolute atomic E-state index is 5.88. The molecule has 1 aliphatic carbocycles. The fourth-order valence-corrected chi connectivity index (χ4v) is 4.69. The van der Waals surface area contributed by atoms with Gasteiger partial charge in [0.25, 0.3) is 0 Å². The van der Waals surface area contributed by atoms with Gasteiger partial charge in [0.2, 0.25) is 11.8 Å². The second kappa shape index (κ2) is 6.20. The molecule has 7 heteroatoms. The molecule has 0 radical (unpaired) electrons. The topological polar surface area (TPSA) is 58.3 Å². The minimum Gasteiger partial charge on any atom is -0.424 e. The van der Waals surface area contributed by atoms with Crippen LogP contribution in [0.15, 0.2) is 15.3 Å². The van der Waals surface area contributed by atoms with Crippen LogP contribution in [0.1, 0.15) is 49.1 Å². The molecule has 0 unspecified atom stereocenters. The van der Waals surface area contributed by atoms with E-state index in [2.05, 4.69) is 30.4 Å². The van der Waals surface area contributed by atoms with Crippen molar-refractivity contribution in [3.63, 3.8) is 0 Å². The van der Waals surface area contributed by atoms with Crippen LogP contribution in [0.2, 0.25) is 0 Å². The third-order valence-electron chi connectivity index (χ3n) is 5.52. The molecular weight excluding hydrogens is 322 g/mol. The molecule has 24 heavy (non-hydrogen) atoms. The summed E-state index contributed by atoms with van der Waals surface area (Å²) in [4.78, 5) is 9.61. The van der Waals surface area contributed by atoms with Gasteiger partial charge in [0.05, 0.1) is 17.7 Å². The lowest BCUT2D eigenvalue weighted by Crippen LogP contribution is -2.43. The molecule has 6 nitrogen and oxygen atoms in total. The summed E-state index contributed by atoms with van der Waals surface area (Å²) in [5.41, 5.74) is 3.14. The molecule has 4 aliphatic rings. The minimum absolute atomic E-state index is 0.542. The zero-order valence-corrected chi connectivity index (χ0v) is 14.6. The number of fused-ring (bicyclic) bond motifs is 4. The molecule has 3 saturated heterocycles. The van der Waals surface area contributed by atoms with Crippen LogP contribution in [-0.4, -0.2) is 50.7 Å². The van der Waals surface area contributed by atoms with Crippen LogP contribution in [0.4, 0.5) is 0 Å². The molecule has 128 valence electrons. The summed E-state index contributed by atoms with van der Waals surface area (Å²) in [5.74, 6) is 2.94. The number of aromatic nitrogens is 3. The third kappa shape index (κ3) is 3.12. The van der Waals surface area contributed by atoms with Gasteiger partial charge in [-0.1, -0.05) is 0 Å². The van der Waals surface area contributed by atoms with Crippen molar-refractivity contribution >= 4 is 11.3 Å². The first-order valence-electron chi connectivity index (χ1n) is 8.99. The SMILES string of the molecule is c1nc(CN2C[C@@H]3CC[C@H](C2)N(Cc2nnc(C4CC4)o2)C3)cs1. The van der Waals surface area contributed by atoms with Crippen LogP contribution >= 0.6 is 11.3 Å². The molecular formula is C17H23N5OS.